The van der Waals surface area contributed by atoms with Gasteiger partial charge in [0.15, 0.2) is 11.5 Å². The molecule has 2 atom stereocenters. The summed E-state index contributed by atoms with van der Waals surface area (Å²) in [4.78, 5) is 14.2. The van der Waals surface area contributed by atoms with Gasteiger partial charge in [-0.1, -0.05) is 0 Å². The number of ether oxygens (including phenoxy) is 4. The highest BCUT2D eigenvalue weighted by Crippen LogP contribution is 2.40. The monoisotopic (exact) mass is 324 g/mol. The number of benzene rings is 1. The molecule has 1 aliphatic heterocycles. The largest absolute Gasteiger partial charge is 0.493 e. The van der Waals surface area contributed by atoms with Crippen molar-refractivity contribution in [1.29, 1.82) is 0 Å². The minimum absolute atomic E-state index is 0.0180. The smallest absolute Gasteiger partial charge is 0.322 e. The van der Waals surface area contributed by atoms with Crippen LogP contribution in [-0.4, -0.2) is 57.6 Å². The summed E-state index contributed by atoms with van der Waals surface area (Å²) < 4.78 is 21.5. The summed E-state index contributed by atoms with van der Waals surface area (Å²) in [5.74, 6) is 1.47. The van der Waals surface area contributed by atoms with Crippen molar-refractivity contribution >= 4 is 11.7 Å². The first-order valence-corrected chi connectivity index (χ1v) is 7.49. The minimum Gasteiger partial charge on any atom is -0.493 e. The van der Waals surface area contributed by atoms with Crippen LogP contribution in [0, 0.1) is 0 Å². The Bertz CT molecular complexity index is 528. The van der Waals surface area contributed by atoms with Crippen LogP contribution >= 0.6 is 0 Å². The van der Waals surface area contributed by atoms with Gasteiger partial charge in [0.1, 0.15) is 0 Å². The zero-order valence-corrected chi connectivity index (χ0v) is 14.2. The Kier molecular flexibility index (Phi) is 5.54. The average Bonchev–Trinajstić information content (AvgIpc) is 2.52. The Labute approximate surface area is 136 Å². The molecule has 7 heteroatoms. The normalized spacial score (nSPS) is 20.8. The Morgan fingerprint density at radius 3 is 2.04 bits per heavy atom. The van der Waals surface area contributed by atoms with Crippen molar-refractivity contribution in [2.24, 2.45) is 0 Å². The summed E-state index contributed by atoms with van der Waals surface area (Å²) in [6.45, 7) is 5.02. The number of nitrogens with one attached hydrogen (secondary N) is 1. The number of amides is 2. The highest BCUT2D eigenvalue weighted by Gasteiger charge is 2.26. The molecule has 0 saturated carbocycles. The second-order valence-corrected chi connectivity index (χ2v) is 5.51. The molecule has 23 heavy (non-hydrogen) atoms. The van der Waals surface area contributed by atoms with Crippen molar-refractivity contribution in [3.63, 3.8) is 0 Å². The van der Waals surface area contributed by atoms with E-state index in [1.165, 1.54) is 21.3 Å². The zero-order valence-electron chi connectivity index (χ0n) is 14.2. The molecule has 0 bridgehead atoms. The Morgan fingerprint density at radius 2 is 1.61 bits per heavy atom. The van der Waals surface area contributed by atoms with Gasteiger partial charge in [0.05, 0.1) is 39.2 Å². The predicted molar refractivity (Wildman–Crippen MR) is 86.7 cm³/mol. The van der Waals surface area contributed by atoms with E-state index in [4.69, 9.17) is 18.9 Å². The van der Waals surface area contributed by atoms with E-state index in [-0.39, 0.29) is 18.2 Å². The summed E-state index contributed by atoms with van der Waals surface area (Å²) >= 11 is 0. The van der Waals surface area contributed by atoms with E-state index < -0.39 is 0 Å². The maximum atomic E-state index is 12.5. The first kappa shape index (κ1) is 17.2. The van der Waals surface area contributed by atoms with Gasteiger partial charge >= 0.3 is 6.03 Å². The van der Waals surface area contributed by atoms with Crippen LogP contribution in [-0.2, 0) is 4.74 Å². The van der Waals surface area contributed by atoms with Gasteiger partial charge < -0.3 is 29.2 Å². The second-order valence-electron chi connectivity index (χ2n) is 5.51. The molecule has 0 aliphatic carbocycles. The van der Waals surface area contributed by atoms with E-state index in [1.807, 2.05) is 13.8 Å². The van der Waals surface area contributed by atoms with Gasteiger partial charge in [0.2, 0.25) is 5.75 Å². The molecular formula is C16H24N2O5. The molecule has 1 aliphatic rings. The van der Waals surface area contributed by atoms with Crippen molar-refractivity contribution in [2.45, 2.75) is 26.1 Å². The van der Waals surface area contributed by atoms with Crippen molar-refractivity contribution in [1.82, 2.24) is 4.90 Å². The van der Waals surface area contributed by atoms with Crippen molar-refractivity contribution in [3.05, 3.63) is 12.1 Å². The molecule has 2 rings (SSSR count). The van der Waals surface area contributed by atoms with Crippen LogP contribution < -0.4 is 19.5 Å². The maximum absolute atomic E-state index is 12.5. The van der Waals surface area contributed by atoms with Crippen LogP contribution in [0.5, 0.6) is 17.2 Å². The quantitative estimate of drug-likeness (QED) is 0.921. The first-order chi connectivity index (χ1) is 11.0. The van der Waals surface area contributed by atoms with E-state index >= 15 is 0 Å². The van der Waals surface area contributed by atoms with E-state index in [2.05, 4.69) is 5.32 Å². The maximum Gasteiger partial charge on any atom is 0.322 e. The van der Waals surface area contributed by atoms with E-state index in [1.54, 1.807) is 17.0 Å². The fraction of sp³-hybridized carbons (Fsp3) is 0.562. The van der Waals surface area contributed by atoms with Crippen LogP contribution in [0.2, 0.25) is 0 Å². The second kappa shape index (κ2) is 7.41. The van der Waals surface area contributed by atoms with Crippen molar-refractivity contribution in [3.8, 4) is 17.2 Å². The number of methoxy groups -OCH3 is 3. The SMILES string of the molecule is COc1cc(NC(=O)N2CC(C)OC(C)C2)cc(OC)c1OC. The van der Waals surface area contributed by atoms with Crippen LogP contribution in [0.3, 0.4) is 0 Å². The van der Waals surface area contributed by atoms with Gasteiger partial charge in [0.25, 0.3) is 0 Å². The fourth-order valence-electron chi connectivity index (χ4n) is 2.70. The van der Waals surface area contributed by atoms with Gasteiger partial charge in [-0.05, 0) is 13.8 Å². The van der Waals surface area contributed by atoms with Gasteiger partial charge in [-0.3, -0.25) is 0 Å². The summed E-state index contributed by atoms with van der Waals surface area (Å²) in [5, 5.41) is 2.87. The molecule has 7 nitrogen and oxygen atoms in total. The molecule has 1 saturated heterocycles. The van der Waals surface area contributed by atoms with Crippen LogP contribution in [0.4, 0.5) is 10.5 Å². The van der Waals surface area contributed by atoms with Crippen LogP contribution in [0.1, 0.15) is 13.8 Å². The topological polar surface area (TPSA) is 69.3 Å². The molecule has 128 valence electrons. The average molecular weight is 324 g/mol. The first-order valence-electron chi connectivity index (χ1n) is 7.49. The number of morpholine rings is 1. The van der Waals surface area contributed by atoms with E-state index in [0.29, 0.717) is 36.0 Å². The number of nitrogens with zero attached hydrogens (tertiary/aromatic N) is 1. The summed E-state index contributed by atoms with van der Waals surface area (Å²) in [5.41, 5.74) is 0.580. The number of carbonyl (C=O) groups excluding carboxylic acids is 1. The molecule has 1 N–H and O–H groups in total. The Hall–Kier alpha value is -2.15. The lowest BCUT2D eigenvalue weighted by molar-refractivity contribution is -0.0530. The Balaban J connectivity index is 2.17. The lowest BCUT2D eigenvalue weighted by Crippen LogP contribution is -2.49. The molecule has 1 aromatic rings. The molecule has 1 heterocycles. The number of urea groups is 1. The number of hydrogen-bond acceptors (Lipinski definition) is 5. The van der Waals surface area contributed by atoms with Gasteiger partial charge in [0, 0.05) is 25.2 Å². The summed E-state index contributed by atoms with van der Waals surface area (Å²) in [7, 11) is 4.61. The molecule has 1 fully saturated rings. The lowest BCUT2D eigenvalue weighted by atomic mass is 10.2. The molecule has 2 amide bonds. The fourth-order valence-corrected chi connectivity index (χ4v) is 2.70. The van der Waals surface area contributed by atoms with Crippen LogP contribution in [0.15, 0.2) is 12.1 Å². The lowest BCUT2D eigenvalue weighted by Gasteiger charge is -2.35. The molecule has 1 aromatic carbocycles. The van der Waals surface area contributed by atoms with Crippen molar-refractivity contribution < 1.29 is 23.7 Å². The molecular weight excluding hydrogens is 300 g/mol. The third-order valence-corrected chi connectivity index (χ3v) is 3.62. The van der Waals surface area contributed by atoms with Crippen LogP contribution in [0.25, 0.3) is 0 Å². The molecule has 0 spiro atoms. The number of carbonyl (C=O) groups is 1. The Morgan fingerprint density at radius 1 is 1.09 bits per heavy atom. The number of rotatable bonds is 4. The van der Waals surface area contributed by atoms with E-state index in [9.17, 15) is 4.79 Å². The van der Waals surface area contributed by atoms with Gasteiger partial charge in [-0.2, -0.15) is 0 Å². The molecule has 2 unspecified atom stereocenters. The molecule has 0 radical (unpaired) electrons. The number of hydrogen-bond donors (Lipinski definition) is 1. The van der Waals surface area contributed by atoms with Gasteiger partial charge in [-0.15, -0.1) is 0 Å². The predicted octanol–water partition coefficient (Wildman–Crippen LogP) is 2.35. The number of anilines is 1. The third-order valence-electron chi connectivity index (χ3n) is 3.62. The summed E-state index contributed by atoms with van der Waals surface area (Å²) in [6, 6.07) is 3.22. The standard InChI is InChI=1S/C16H24N2O5/c1-10-8-18(9-11(2)23-10)16(19)17-12-6-13(20-3)15(22-5)14(7-12)21-4/h6-7,10-11H,8-9H2,1-5H3,(H,17,19). The van der Waals surface area contributed by atoms with Crippen molar-refractivity contribution in [2.75, 3.05) is 39.7 Å². The van der Waals surface area contributed by atoms with Gasteiger partial charge in [-0.25, -0.2) is 4.79 Å². The zero-order chi connectivity index (χ0) is 17.0. The third kappa shape index (κ3) is 3.98. The molecule has 0 aromatic heterocycles. The highest BCUT2D eigenvalue weighted by molar-refractivity contribution is 5.90. The van der Waals surface area contributed by atoms with E-state index in [0.717, 1.165) is 0 Å². The minimum atomic E-state index is -0.179. The summed E-state index contributed by atoms with van der Waals surface area (Å²) in [6.07, 6.45) is 0.0360. The highest BCUT2D eigenvalue weighted by atomic mass is 16.5.